The maximum Gasteiger partial charge on any atom is 0.308 e. The summed E-state index contributed by atoms with van der Waals surface area (Å²) >= 11 is 0. The van der Waals surface area contributed by atoms with E-state index in [4.69, 9.17) is 5.11 Å². The molecule has 0 fully saturated rings. The van der Waals surface area contributed by atoms with Gasteiger partial charge in [0.05, 0.1) is 5.92 Å². The maximum atomic E-state index is 12.2. The fourth-order valence-corrected chi connectivity index (χ4v) is 2.29. The van der Waals surface area contributed by atoms with Crippen LogP contribution in [0.15, 0.2) is 30.3 Å². The number of benzene rings is 1. The third kappa shape index (κ3) is 5.21. The van der Waals surface area contributed by atoms with E-state index >= 15 is 0 Å². The van der Waals surface area contributed by atoms with Crippen LogP contribution in [0.2, 0.25) is 0 Å². The summed E-state index contributed by atoms with van der Waals surface area (Å²) in [4.78, 5) is 23.1. The van der Waals surface area contributed by atoms with Crippen LogP contribution in [0.5, 0.6) is 0 Å². The number of carboxylic acid groups (broad SMARTS) is 1. The van der Waals surface area contributed by atoms with Crippen LogP contribution in [0.4, 0.5) is 0 Å². The van der Waals surface area contributed by atoms with Gasteiger partial charge < -0.3 is 10.4 Å². The zero-order valence-corrected chi connectivity index (χ0v) is 13.2. The Morgan fingerprint density at radius 3 is 2.14 bits per heavy atom. The Hall–Kier alpha value is -1.84. The first-order valence-corrected chi connectivity index (χ1v) is 7.40. The molecule has 0 heterocycles. The Morgan fingerprint density at radius 2 is 1.67 bits per heavy atom. The van der Waals surface area contributed by atoms with Gasteiger partial charge in [-0.1, -0.05) is 44.2 Å². The number of nitrogens with one attached hydrogen (secondary N) is 1. The Labute approximate surface area is 126 Å². The molecule has 4 nitrogen and oxygen atoms in total. The Morgan fingerprint density at radius 1 is 1.10 bits per heavy atom. The molecule has 1 aromatic rings. The SMILES string of the molecule is CC(C)C(CC(=O)NC(C)C(C)C(=O)O)c1ccccc1. The molecule has 116 valence electrons. The quantitative estimate of drug-likeness (QED) is 0.811. The summed E-state index contributed by atoms with van der Waals surface area (Å²) < 4.78 is 0. The molecule has 0 saturated heterocycles. The summed E-state index contributed by atoms with van der Waals surface area (Å²) in [5.41, 5.74) is 1.14. The number of hydrogen-bond donors (Lipinski definition) is 2. The lowest BCUT2D eigenvalue weighted by Gasteiger charge is -2.23. The average Bonchev–Trinajstić information content (AvgIpc) is 2.44. The Balaban J connectivity index is 2.68. The highest BCUT2D eigenvalue weighted by Gasteiger charge is 2.24. The van der Waals surface area contributed by atoms with Crippen molar-refractivity contribution in [3.8, 4) is 0 Å². The van der Waals surface area contributed by atoms with Gasteiger partial charge in [-0.3, -0.25) is 9.59 Å². The van der Waals surface area contributed by atoms with Gasteiger partial charge in [0.25, 0.3) is 0 Å². The van der Waals surface area contributed by atoms with Crippen molar-refractivity contribution < 1.29 is 14.7 Å². The molecule has 0 aliphatic rings. The summed E-state index contributed by atoms with van der Waals surface area (Å²) in [5, 5.41) is 11.8. The van der Waals surface area contributed by atoms with Gasteiger partial charge >= 0.3 is 5.97 Å². The number of aliphatic carboxylic acids is 1. The van der Waals surface area contributed by atoms with E-state index < -0.39 is 11.9 Å². The van der Waals surface area contributed by atoms with Crippen LogP contribution < -0.4 is 5.32 Å². The largest absolute Gasteiger partial charge is 0.481 e. The van der Waals surface area contributed by atoms with E-state index in [1.165, 1.54) is 0 Å². The standard InChI is InChI=1S/C17H25NO3/c1-11(2)15(14-8-6-5-7-9-14)10-16(19)18-13(4)12(3)17(20)21/h5-9,11-13,15H,10H2,1-4H3,(H,18,19)(H,20,21). The first-order chi connectivity index (χ1) is 9.82. The topological polar surface area (TPSA) is 66.4 Å². The number of hydrogen-bond acceptors (Lipinski definition) is 2. The van der Waals surface area contributed by atoms with Gasteiger partial charge in [-0.25, -0.2) is 0 Å². The van der Waals surface area contributed by atoms with Crippen molar-refractivity contribution in [1.82, 2.24) is 5.32 Å². The van der Waals surface area contributed by atoms with Gasteiger partial charge in [-0.15, -0.1) is 0 Å². The minimum absolute atomic E-state index is 0.0989. The smallest absolute Gasteiger partial charge is 0.308 e. The highest BCUT2D eigenvalue weighted by Crippen LogP contribution is 2.27. The van der Waals surface area contributed by atoms with E-state index in [0.29, 0.717) is 12.3 Å². The lowest BCUT2D eigenvalue weighted by atomic mass is 9.85. The van der Waals surface area contributed by atoms with Crippen molar-refractivity contribution in [2.24, 2.45) is 11.8 Å². The van der Waals surface area contributed by atoms with Crippen LogP contribution in [-0.2, 0) is 9.59 Å². The van der Waals surface area contributed by atoms with E-state index in [2.05, 4.69) is 19.2 Å². The molecular formula is C17H25NO3. The zero-order valence-electron chi connectivity index (χ0n) is 13.2. The molecule has 0 bridgehead atoms. The van der Waals surface area contributed by atoms with Gasteiger partial charge in [0.2, 0.25) is 5.91 Å². The number of rotatable bonds is 7. The fraction of sp³-hybridized carbons (Fsp3) is 0.529. The van der Waals surface area contributed by atoms with Crippen LogP contribution >= 0.6 is 0 Å². The molecule has 0 spiro atoms. The predicted octanol–water partition coefficient (Wildman–Crippen LogP) is 3.04. The highest BCUT2D eigenvalue weighted by molar-refractivity contribution is 5.78. The van der Waals surface area contributed by atoms with Crippen LogP contribution in [0, 0.1) is 11.8 Å². The van der Waals surface area contributed by atoms with Crippen LogP contribution in [0.3, 0.4) is 0 Å². The molecule has 0 saturated carbocycles. The normalized spacial score (nSPS) is 15.3. The average molecular weight is 291 g/mol. The Kier molecular flexibility index (Phi) is 6.40. The second-order valence-electron chi connectivity index (χ2n) is 5.95. The molecule has 2 N–H and O–H groups in total. The minimum Gasteiger partial charge on any atom is -0.481 e. The third-order valence-corrected chi connectivity index (χ3v) is 3.97. The predicted molar refractivity (Wildman–Crippen MR) is 83.0 cm³/mol. The number of carbonyl (C=O) groups is 2. The van der Waals surface area contributed by atoms with Crippen molar-refractivity contribution in [3.63, 3.8) is 0 Å². The van der Waals surface area contributed by atoms with Gasteiger partial charge in [0.15, 0.2) is 0 Å². The first kappa shape index (κ1) is 17.2. The summed E-state index contributed by atoms with van der Waals surface area (Å²) in [5.74, 6) is -1.11. The summed E-state index contributed by atoms with van der Waals surface area (Å²) in [6.45, 7) is 7.51. The molecule has 4 heteroatoms. The van der Waals surface area contributed by atoms with E-state index in [-0.39, 0.29) is 17.9 Å². The van der Waals surface area contributed by atoms with Gasteiger partial charge in [0, 0.05) is 12.5 Å². The molecule has 0 aliphatic carbocycles. The number of amides is 1. The van der Waals surface area contributed by atoms with Gasteiger partial charge in [0.1, 0.15) is 0 Å². The second-order valence-corrected chi connectivity index (χ2v) is 5.95. The molecule has 3 unspecified atom stereocenters. The molecule has 0 aliphatic heterocycles. The molecule has 1 amide bonds. The molecule has 1 rings (SSSR count). The zero-order chi connectivity index (χ0) is 16.0. The highest BCUT2D eigenvalue weighted by atomic mass is 16.4. The lowest BCUT2D eigenvalue weighted by Crippen LogP contribution is -2.40. The first-order valence-electron chi connectivity index (χ1n) is 7.40. The summed E-state index contributed by atoms with van der Waals surface area (Å²) in [6, 6.07) is 9.58. The minimum atomic E-state index is -0.897. The molecule has 3 atom stereocenters. The molecule has 0 aromatic heterocycles. The third-order valence-electron chi connectivity index (χ3n) is 3.97. The van der Waals surface area contributed by atoms with Gasteiger partial charge in [-0.05, 0) is 31.2 Å². The fourth-order valence-electron chi connectivity index (χ4n) is 2.29. The molecule has 21 heavy (non-hydrogen) atoms. The van der Waals surface area contributed by atoms with Crippen LogP contribution in [-0.4, -0.2) is 23.0 Å². The summed E-state index contributed by atoms with van der Waals surface area (Å²) in [6.07, 6.45) is 0.373. The van der Waals surface area contributed by atoms with E-state index in [1.807, 2.05) is 30.3 Å². The number of carbonyl (C=O) groups excluding carboxylic acids is 1. The van der Waals surface area contributed by atoms with Crippen molar-refractivity contribution in [3.05, 3.63) is 35.9 Å². The van der Waals surface area contributed by atoms with E-state index in [1.54, 1.807) is 13.8 Å². The Bertz CT molecular complexity index is 470. The van der Waals surface area contributed by atoms with E-state index in [9.17, 15) is 9.59 Å². The van der Waals surface area contributed by atoms with Crippen molar-refractivity contribution in [2.75, 3.05) is 0 Å². The molecular weight excluding hydrogens is 266 g/mol. The maximum absolute atomic E-state index is 12.2. The number of carboxylic acids is 1. The second kappa shape index (κ2) is 7.81. The molecule has 0 radical (unpaired) electrons. The van der Waals surface area contributed by atoms with Crippen molar-refractivity contribution >= 4 is 11.9 Å². The molecule has 1 aromatic carbocycles. The van der Waals surface area contributed by atoms with Crippen LogP contribution in [0.25, 0.3) is 0 Å². The van der Waals surface area contributed by atoms with Crippen molar-refractivity contribution in [1.29, 1.82) is 0 Å². The monoisotopic (exact) mass is 291 g/mol. The van der Waals surface area contributed by atoms with Crippen molar-refractivity contribution in [2.45, 2.75) is 46.1 Å². The van der Waals surface area contributed by atoms with E-state index in [0.717, 1.165) is 5.56 Å². The van der Waals surface area contributed by atoms with Gasteiger partial charge in [-0.2, -0.15) is 0 Å². The lowest BCUT2D eigenvalue weighted by molar-refractivity contribution is -0.142. The van der Waals surface area contributed by atoms with Crippen LogP contribution in [0.1, 0.15) is 45.6 Å². The summed E-state index contributed by atoms with van der Waals surface area (Å²) in [7, 11) is 0.